The van der Waals surface area contributed by atoms with E-state index in [4.69, 9.17) is 10.5 Å². The van der Waals surface area contributed by atoms with Crippen LogP contribution in [0.25, 0.3) is 0 Å². The number of nitrogens with zero attached hydrogens (tertiary/aromatic N) is 1. The number of likely N-dealkylation sites (N-methyl/N-ethyl adjacent to an activating group) is 1. The minimum absolute atomic E-state index is 0.308. The molecule has 106 valence electrons. The highest BCUT2D eigenvalue weighted by atomic mass is 16.5. The highest BCUT2D eigenvalue weighted by Crippen LogP contribution is 2.22. The minimum atomic E-state index is -0.819. The molecule has 0 fully saturated rings. The summed E-state index contributed by atoms with van der Waals surface area (Å²) in [5.74, 6) is -0.432. The molecule has 19 heavy (non-hydrogen) atoms. The van der Waals surface area contributed by atoms with Crippen LogP contribution in [0.4, 0.5) is 11.4 Å². The van der Waals surface area contributed by atoms with Crippen molar-refractivity contribution in [1.82, 2.24) is 0 Å². The Hall–Kier alpha value is -1.75. The fraction of sp³-hybridized carbons (Fsp3) is 0.500. The zero-order valence-electron chi connectivity index (χ0n) is 11.9. The first-order valence-electron chi connectivity index (χ1n) is 6.24. The third kappa shape index (κ3) is 4.44. The molecule has 0 aliphatic carbocycles. The van der Waals surface area contributed by atoms with E-state index >= 15 is 0 Å². The largest absolute Gasteiger partial charge is 0.462 e. The molecule has 0 heterocycles. The van der Waals surface area contributed by atoms with Gasteiger partial charge in [0.1, 0.15) is 0 Å². The number of aliphatic hydroxyl groups is 1. The van der Waals surface area contributed by atoms with Crippen molar-refractivity contribution < 1.29 is 14.6 Å². The Morgan fingerprint density at radius 3 is 2.63 bits per heavy atom. The van der Waals surface area contributed by atoms with Gasteiger partial charge in [0.2, 0.25) is 0 Å². The van der Waals surface area contributed by atoms with Gasteiger partial charge in [0.25, 0.3) is 0 Å². The molecule has 1 rings (SSSR count). The Labute approximate surface area is 114 Å². The van der Waals surface area contributed by atoms with E-state index in [0.29, 0.717) is 24.4 Å². The Bertz CT molecular complexity index is 452. The molecule has 0 aliphatic rings. The standard InChI is InChI=1S/C14H22N2O3/c1-5-19-13(17)11-8-10(6-7-12(11)15)16(4)9-14(2,3)18/h6-8,18H,5,9,15H2,1-4H3. The number of carbonyl (C=O) groups excluding carboxylic acids is 1. The summed E-state index contributed by atoms with van der Waals surface area (Å²) in [6.07, 6.45) is 0. The number of rotatable bonds is 5. The van der Waals surface area contributed by atoms with Gasteiger partial charge < -0.3 is 20.5 Å². The molecule has 1 aromatic carbocycles. The van der Waals surface area contributed by atoms with Crippen LogP contribution in [0.2, 0.25) is 0 Å². The van der Waals surface area contributed by atoms with Gasteiger partial charge in [-0.05, 0) is 39.0 Å². The number of nitrogens with two attached hydrogens (primary N) is 1. The predicted molar refractivity (Wildman–Crippen MR) is 76.4 cm³/mol. The maximum atomic E-state index is 11.8. The molecule has 5 nitrogen and oxygen atoms in total. The van der Waals surface area contributed by atoms with Gasteiger partial charge in [-0.15, -0.1) is 0 Å². The summed E-state index contributed by atoms with van der Waals surface area (Å²) in [7, 11) is 1.85. The van der Waals surface area contributed by atoms with Crippen LogP contribution in [0, 0.1) is 0 Å². The third-order valence-corrected chi connectivity index (χ3v) is 2.60. The van der Waals surface area contributed by atoms with E-state index in [1.807, 2.05) is 18.0 Å². The molecular formula is C14H22N2O3. The van der Waals surface area contributed by atoms with Gasteiger partial charge >= 0.3 is 5.97 Å². The van der Waals surface area contributed by atoms with E-state index in [9.17, 15) is 9.90 Å². The summed E-state index contributed by atoms with van der Waals surface area (Å²) in [6.45, 7) is 5.96. The van der Waals surface area contributed by atoms with Crippen molar-refractivity contribution in [3.8, 4) is 0 Å². The average Bonchev–Trinajstić information content (AvgIpc) is 2.27. The topological polar surface area (TPSA) is 75.8 Å². The van der Waals surface area contributed by atoms with E-state index in [0.717, 1.165) is 5.69 Å². The fourth-order valence-corrected chi connectivity index (χ4v) is 1.84. The van der Waals surface area contributed by atoms with Gasteiger partial charge in [-0.1, -0.05) is 0 Å². The van der Waals surface area contributed by atoms with Crippen molar-refractivity contribution in [2.75, 3.05) is 30.8 Å². The number of carbonyl (C=O) groups is 1. The smallest absolute Gasteiger partial charge is 0.340 e. The number of ether oxygens (including phenoxy) is 1. The summed E-state index contributed by atoms with van der Waals surface area (Å²) in [5, 5.41) is 9.81. The van der Waals surface area contributed by atoms with Crippen LogP contribution in [0.1, 0.15) is 31.1 Å². The number of hydrogen-bond donors (Lipinski definition) is 2. The van der Waals surface area contributed by atoms with Crippen LogP contribution >= 0.6 is 0 Å². The van der Waals surface area contributed by atoms with Crippen LogP contribution in [-0.2, 0) is 4.74 Å². The zero-order chi connectivity index (χ0) is 14.6. The summed E-state index contributed by atoms with van der Waals surface area (Å²) < 4.78 is 4.96. The van der Waals surface area contributed by atoms with Crippen molar-refractivity contribution in [3.05, 3.63) is 23.8 Å². The molecule has 0 atom stereocenters. The van der Waals surface area contributed by atoms with Gasteiger partial charge in [-0.2, -0.15) is 0 Å². The number of esters is 1. The van der Waals surface area contributed by atoms with Crippen molar-refractivity contribution >= 4 is 17.3 Å². The SMILES string of the molecule is CCOC(=O)c1cc(N(C)CC(C)(C)O)ccc1N. The number of nitrogen functional groups attached to an aromatic ring is 1. The lowest BCUT2D eigenvalue weighted by Gasteiger charge is -2.27. The first-order chi connectivity index (χ1) is 8.74. The Kier molecular flexibility index (Phi) is 4.78. The molecule has 0 bridgehead atoms. The summed E-state index contributed by atoms with van der Waals surface area (Å²) in [4.78, 5) is 13.6. The van der Waals surface area contributed by atoms with E-state index in [2.05, 4.69) is 0 Å². The second-order valence-corrected chi connectivity index (χ2v) is 5.16. The molecule has 0 saturated heterocycles. The predicted octanol–water partition coefficient (Wildman–Crippen LogP) is 1.65. The molecule has 0 saturated carbocycles. The quantitative estimate of drug-likeness (QED) is 0.626. The highest BCUT2D eigenvalue weighted by molar-refractivity contribution is 5.96. The van der Waals surface area contributed by atoms with Crippen LogP contribution in [0.5, 0.6) is 0 Å². The number of anilines is 2. The average molecular weight is 266 g/mol. The maximum Gasteiger partial charge on any atom is 0.340 e. The van der Waals surface area contributed by atoms with E-state index < -0.39 is 11.6 Å². The second kappa shape index (κ2) is 5.93. The van der Waals surface area contributed by atoms with Gasteiger partial charge in [0.15, 0.2) is 0 Å². The van der Waals surface area contributed by atoms with Gasteiger partial charge in [-0.25, -0.2) is 4.79 Å². The second-order valence-electron chi connectivity index (χ2n) is 5.16. The monoisotopic (exact) mass is 266 g/mol. The van der Waals surface area contributed by atoms with Crippen LogP contribution in [-0.4, -0.2) is 36.9 Å². The zero-order valence-corrected chi connectivity index (χ0v) is 11.9. The molecule has 0 unspecified atom stereocenters. The summed E-state index contributed by atoms with van der Waals surface area (Å²) in [6, 6.07) is 5.16. The Morgan fingerprint density at radius 1 is 1.47 bits per heavy atom. The molecule has 0 spiro atoms. The van der Waals surface area contributed by atoms with E-state index in [1.54, 1.807) is 32.9 Å². The molecular weight excluding hydrogens is 244 g/mol. The molecule has 0 amide bonds. The van der Waals surface area contributed by atoms with Crippen molar-refractivity contribution in [3.63, 3.8) is 0 Å². The van der Waals surface area contributed by atoms with Gasteiger partial charge in [0, 0.05) is 25.0 Å². The molecule has 0 radical (unpaired) electrons. The summed E-state index contributed by atoms with van der Waals surface area (Å²) >= 11 is 0. The normalized spacial score (nSPS) is 11.2. The lowest BCUT2D eigenvalue weighted by Crippen LogP contribution is -2.36. The molecule has 3 N–H and O–H groups in total. The minimum Gasteiger partial charge on any atom is -0.462 e. The van der Waals surface area contributed by atoms with Crippen LogP contribution in [0.15, 0.2) is 18.2 Å². The van der Waals surface area contributed by atoms with Crippen molar-refractivity contribution in [2.45, 2.75) is 26.4 Å². The Morgan fingerprint density at radius 2 is 2.11 bits per heavy atom. The fourth-order valence-electron chi connectivity index (χ4n) is 1.84. The first kappa shape index (κ1) is 15.3. The van der Waals surface area contributed by atoms with E-state index in [1.165, 1.54) is 0 Å². The van der Waals surface area contributed by atoms with Crippen LogP contribution < -0.4 is 10.6 Å². The molecule has 1 aromatic rings. The van der Waals surface area contributed by atoms with Gasteiger partial charge in [-0.3, -0.25) is 0 Å². The highest BCUT2D eigenvalue weighted by Gasteiger charge is 2.18. The molecule has 0 aliphatic heterocycles. The van der Waals surface area contributed by atoms with Crippen LogP contribution in [0.3, 0.4) is 0 Å². The van der Waals surface area contributed by atoms with Gasteiger partial charge in [0.05, 0.1) is 17.8 Å². The lowest BCUT2D eigenvalue weighted by atomic mass is 10.1. The Balaban J connectivity index is 2.98. The summed E-state index contributed by atoms with van der Waals surface area (Å²) in [5.41, 5.74) is 6.50. The number of benzene rings is 1. The number of hydrogen-bond acceptors (Lipinski definition) is 5. The molecule has 5 heteroatoms. The molecule has 0 aromatic heterocycles. The van der Waals surface area contributed by atoms with Crippen molar-refractivity contribution in [2.24, 2.45) is 0 Å². The van der Waals surface area contributed by atoms with Crippen molar-refractivity contribution in [1.29, 1.82) is 0 Å². The van der Waals surface area contributed by atoms with E-state index in [-0.39, 0.29) is 0 Å². The third-order valence-electron chi connectivity index (χ3n) is 2.60. The lowest BCUT2D eigenvalue weighted by molar-refractivity contribution is 0.0527. The maximum absolute atomic E-state index is 11.8. The first-order valence-corrected chi connectivity index (χ1v) is 6.24.